The maximum absolute atomic E-state index is 12.1. The molecule has 1 aliphatic heterocycles. The quantitative estimate of drug-likeness (QED) is 0.818. The number of hydrogen-bond donors (Lipinski definition) is 0. The van der Waals surface area contributed by atoms with Gasteiger partial charge in [0, 0.05) is 10.8 Å². The van der Waals surface area contributed by atoms with Crippen LogP contribution in [0.2, 0.25) is 0 Å². The van der Waals surface area contributed by atoms with Crippen LogP contribution >= 0.6 is 11.8 Å². The van der Waals surface area contributed by atoms with Gasteiger partial charge < -0.3 is 4.74 Å². The number of carbonyl (C=O) groups excluding carboxylic acids is 1. The first-order valence-corrected chi connectivity index (χ1v) is 10.3. The van der Waals surface area contributed by atoms with Crippen molar-refractivity contribution in [3.8, 4) is 11.4 Å². The summed E-state index contributed by atoms with van der Waals surface area (Å²) >= 11 is 1.26. The van der Waals surface area contributed by atoms with Gasteiger partial charge in [-0.1, -0.05) is 42.1 Å². The standard InChI is InChI=1S/C15H17N3O4S2/c1-2-22-15(19)18-14(23-12-8-9-24(20,21)10-12)16-13(17-18)11-6-4-3-5-7-11/h3-7,12H,2,8-10H2,1H3/t12-/m0/s1. The van der Waals surface area contributed by atoms with Gasteiger partial charge in [-0.3, -0.25) is 0 Å². The van der Waals surface area contributed by atoms with Gasteiger partial charge in [0.15, 0.2) is 20.8 Å². The fourth-order valence-electron chi connectivity index (χ4n) is 2.39. The van der Waals surface area contributed by atoms with Crippen LogP contribution in [0.4, 0.5) is 4.79 Å². The highest BCUT2D eigenvalue weighted by atomic mass is 32.2. The van der Waals surface area contributed by atoms with E-state index in [1.807, 2.05) is 30.3 Å². The number of sulfone groups is 1. The number of hydrogen-bond acceptors (Lipinski definition) is 7. The van der Waals surface area contributed by atoms with E-state index in [0.29, 0.717) is 17.4 Å². The molecule has 9 heteroatoms. The number of rotatable bonds is 4. The van der Waals surface area contributed by atoms with Crippen LogP contribution in [0.3, 0.4) is 0 Å². The summed E-state index contributed by atoms with van der Waals surface area (Å²) in [5, 5.41) is 4.47. The molecule has 0 saturated carbocycles. The molecule has 0 spiro atoms. The second-order valence-corrected chi connectivity index (χ2v) is 8.83. The highest BCUT2D eigenvalue weighted by Gasteiger charge is 2.31. The van der Waals surface area contributed by atoms with Crippen molar-refractivity contribution in [1.29, 1.82) is 0 Å². The van der Waals surface area contributed by atoms with Crippen LogP contribution in [-0.2, 0) is 14.6 Å². The number of ether oxygens (including phenoxy) is 1. The molecule has 1 aromatic carbocycles. The fourth-order valence-corrected chi connectivity index (χ4v) is 5.87. The van der Waals surface area contributed by atoms with E-state index in [4.69, 9.17) is 4.74 Å². The van der Waals surface area contributed by atoms with Gasteiger partial charge in [-0.05, 0) is 13.3 Å². The van der Waals surface area contributed by atoms with Gasteiger partial charge in [0.25, 0.3) is 0 Å². The molecule has 0 radical (unpaired) electrons. The lowest BCUT2D eigenvalue weighted by atomic mass is 10.2. The lowest BCUT2D eigenvalue weighted by Gasteiger charge is -2.07. The number of nitrogens with zero attached hydrogens (tertiary/aromatic N) is 3. The smallest absolute Gasteiger partial charge is 0.437 e. The topological polar surface area (TPSA) is 91.2 Å². The van der Waals surface area contributed by atoms with Crippen molar-refractivity contribution >= 4 is 27.7 Å². The molecule has 1 fully saturated rings. The molecule has 3 rings (SSSR count). The van der Waals surface area contributed by atoms with E-state index < -0.39 is 15.9 Å². The van der Waals surface area contributed by atoms with Crippen molar-refractivity contribution in [2.24, 2.45) is 0 Å². The van der Waals surface area contributed by atoms with Gasteiger partial charge in [0.05, 0.1) is 18.1 Å². The minimum atomic E-state index is -3.00. The molecular weight excluding hydrogens is 350 g/mol. The Bertz CT molecular complexity index is 834. The predicted molar refractivity (Wildman–Crippen MR) is 90.8 cm³/mol. The zero-order valence-corrected chi connectivity index (χ0v) is 14.7. The van der Waals surface area contributed by atoms with Gasteiger partial charge in [-0.15, -0.1) is 9.78 Å². The van der Waals surface area contributed by atoms with Gasteiger partial charge in [-0.2, -0.15) is 0 Å². The van der Waals surface area contributed by atoms with Crippen molar-refractivity contribution in [3.05, 3.63) is 30.3 Å². The summed E-state index contributed by atoms with van der Waals surface area (Å²) in [4.78, 5) is 16.5. The molecular formula is C15H17N3O4S2. The molecule has 0 bridgehead atoms. The molecule has 128 valence electrons. The average molecular weight is 367 g/mol. The number of benzene rings is 1. The highest BCUT2D eigenvalue weighted by Crippen LogP contribution is 2.31. The first-order valence-electron chi connectivity index (χ1n) is 7.55. The van der Waals surface area contributed by atoms with E-state index in [2.05, 4.69) is 10.1 Å². The third-order valence-corrected chi connectivity index (χ3v) is 6.70. The summed E-state index contributed by atoms with van der Waals surface area (Å²) in [6, 6.07) is 9.29. The molecule has 0 aliphatic carbocycles. The molecule has 24 heavy (non-hydrogen) atoms. The SMILES string of the molecule is CCOC(=O)n1nc(-c2ccccc2)nc1S[C@H]1CCS(=O)(=O)C1. The van der Waals surface area contributed by atoms with Gasteiger partial charge in [-0.25, -0.2) is 18.2 Å². The lowest BCUT2D eigenvalue weighted by molar-refractivity contribution is 0.147. The molecule has 1 aromatic heterocycles. The van der Waals surface area contributed by atoms with E-state index >= 15 is 0 Å². The Balaban J connectivity index is 1.91. The maximum Gasteiger partial charge on any atom is 0.437 e. The lowest BCUT2D eigenvalue weighted by Crippen LogP contribution is -2.17. The normalized spacial score (nSPS) is 19.3. The number of thioether (sulfide) groups is 1. The van der Waals surface area contributed by atoms with E-state index in [-0.39, 0.29) is 23.4 Å². The van der Waals surface area contributed by atoms with Crippen LogP contribution < -0.4 is 0 Å². The average Bonchev–Trinajstić information content (AvgIpc) is 3.12. The summed E-state index contributed by atoms with van der Waals surface area (Å²) in [7, 11) is -3.00. The first kappa shape index (κ1) is 17.0. The zero-order chi connectivity index (χ0) is 17.2. The van der Waals surface area contributed by atoms with Crippen molar-refractivity contribution in [3.63, 3.8) is 0 Å². The number of aromatic nitrogens is 3. The maximum atomic E-state index is 12.1. The molecule has 1 atom stereocenters. The molecule has 7 nitrogen and oxygen atoms in total. The Morgan fingerprint density at radius 2 is 2.12 bits per heavy atom. The first-order chi connectivity index (χ1) is 11.5. The van der Waals surface area contributed by atoms with Crippen molar-refractivity contribution in [1.82, 2.24) is 14.8 Å². The summed E-state index contributed by atoms with van der Waals surface area (Å²) in [6.45, 7) is 1.94. The van der Waals surface area contributed by atoms with Crippen molar-refractivity contribution in [2.45, 2.75) is 23.8 Å². The van der Waals surface area contributed by atoms with Crippen LogP contribution in [0.25, 0.3) is 11.4 Å². The third kappa shape index (κ3) is 3.78. The van der Waals surface area contributed by atoms with Crippen molar-refractivity contribution < 1.29 is 17.9 Å². The second-order valence-electron chi connectivity index (χ2n) is 5.34. The molecule has 0 unspecified atom stereocenters. The van der Waals surface area contributed by atoms with E-state index in [1.165, 1.54) is 11.8 Å². The molecule has 1 aliphatic rings. The van der Waals surface area contributed by atoms with E-state index in [1.54, 1.807) is 6.92 Å². The van der Waals surface area contributed by atoms with E-state index in [9.17, 15) is 13.2 Å². The Kier molecular flexibility index (Phi) is 4.91. The molecule has 0 amide bonds. The Hall–Kier alpha value is -1.87. The van der Waals surface area contributed by atoms with Crippen LogP contribution in [0, 0.1) is 0 Å². The molecule has 0 N–H and O–H groups in total. The van der Waals surface area contributed by atoms with Gasteiger partial charge in [0.1, 0.15) is 0 Å². The molecule has 1 saturated heterocycles. The summed E-state index contributed by atoms with van der Waals surface area (Å²) < 4.78 is 29.4. The minimum absolute atomic E-state index is 0.0913. The van der Waals surface area contributed by atoms with Crippen LogP contribution in [0.1, 0.15) is 13.3 Å². The van der Waals surface area contributed by atoms with Crippen molar-refractivity contribution in [2.75, 3.05) is 18.1 Å². The Morgan fingerprint density at radius 1 is 1.38 bits per heavy atom. The van der Waals surface area contributed by atoms with Crippen LogP contribution in [-0.4, -0.2) is 52.6 Å². The largest absolute Gasteiger partial charge is 0.448 e. The monoisotopic (exact) mass is 367 g/mol. The molecule has 2 heterocycles. The van der Waals surface area contributed by atoms with Gasteiger partial charge >= 0.3 is 6.09 Å². The predicted octanol–water partition coefficient (Wildman–Crippen LogP) is 2.23. The van der Waals surface area contributed by atoms with Crippen LogP contribution in [0.5, 0.6) is 0 Å². The number of carbonyl (C=O) groups is 1. The Labute approximate surface area is 144 Å². The zero-order valence-electron chi connectivity index (χ0n) is 13.1. The van der Waals surface area contributed by atoms with Crippen LogP contribution in [0.15, 0.2) is 35.5 Å². The summed E-state index contributed by atoms with van der Waals surface area (Å²) in [5.41, 5.74) is 0.779. The fraction of sp³-hybridized carbons (Fsp3) is 0.400. The Morgan fingerprint density at radius 3 is 2.75 bits per heavy atom. The molecule has 2 aromatic rings. The van der Waals surface area contributed by atoms with Gasteiger partial charge in [0.2, 0.25) is 0 Å². The third-order valence-electron chi connectivity index (χ3n) is 3.51. The summed E-state index contributed by atoms with van der Waals surface area (Å²) in [6.07, 6.45) is -0.0702. The second kappa shape index (κ2) is 6.94. The summed E-state index contributed by atoms with van der Waals surface area (Å²) in [5.74, 6) is 0.671. The highest BCUT2D eigenvalue weighted by molar-refractivity contribution is 8.01. The minimum Gasteiger partial charge on any atom is -0.448 e. The van der Waals surface area contributed by atoms with E-state index in [0.717, 1.165) is 10.2 Å².